The van der Waals surface area contributed by atoms with Gasteiger partial charge in [-0.25, -0.2) is 42.5 Å². The van der Waals surface area contributed by atoms with Crippen LogP contribution in [0.5, 0.6) is 0 Å². The molecule has 15 heteroatoms. The molecule has 0 saturated heterocycles. The SMILES string of the molecule is O=C(Cl)OCCn1c(=O)n(CCOC(=O)Cl)c(=O)n(CCOC(=O)Cl)c1=O. The summed E-state index contributed by atoms with van der Waals surface area (Å²) in [6.07, 6.45) is 0. The Morgan fingerprint density at radius 2 is 0.815 bits per heavy atom. The van der Waals surface area contributed by atoms with Crippen molar-refractivity contribution in [2.75, 3.05) is 19.8 Å². The van der Waals surface area contributed by atoms with Crippen LogP contribution in [0.1, 0.15) is 0 Å². The molecule has 0 amide bonds. The molecule has 0 saturated carbocycles. The lowest BCUT2D eigenvalue weighted by Gasteiger charge is -2.13. The van der Waals surface area contributed by atoms with Crippen LogP contribution in [-0.4, -0.2) is 49.8 Å². The quantitative estimate of drug-likeness (QED) is 0.384. The maximum Gasteiger partial charge on any atom is 0.403 e. The lowest BCUT2D eigenvalue weighted by molar-refractivity contribution is 0.160. The van der Waals surface area contributed by atoms with Gasteiger partial charge in [0.05, 0.1) is 19.6 Å². The zero-order chi connectivity index (χ0) is 20.6. The Labute approximate surface area is 164 Å². The first-order valence-corrected chi connectivity index (χ1v) is 8.19. The summed E-state index contributed by atoms with van der Waals surface area (Å²) in [6.45, 7) is -2.53. The minimum atomic E-state index is -1.15. The molecule has 0 radical (unpaired) electrons. The lowest BCUT2D eigenvalue weighted by atomic mass is 10.6. The molecular formula is C12H12Cl3N3O9. The van der Waals surface area contributed by atoms with Gasteiger partial charge in [-0.2, -0.15) is 0 Å². The molecule has 150 valence electrons. The van der Waals surface area contributed by atoms with Gasteiger partial charge in [0.15, 0.2) is 0 Å². The van der Waals surface area contributed by atoms with Crippen LogP contribution in [-0.2, 0) is 33.8 Å². The summed E-state index contributed by atoms with van der Waals surface area (Å²) < 4.78 is 15.1. The lowest BCUT2D eigenvalue weighted by Crippen LogP contribution is -2.55. The monoisotopic (exact) mass is 447 g/mol. The molecule has 0 N–H and O–H groups in total. The number of ether oxygens (including phenoxy) is 3. The van der Waals surface area contributed by atoms with E-state index in [0.717, 1.165) is 0 Å². The molecule has 27 heavy (non-hydrogen) atoms. The van der Waals surface area contributed by atoms with Gasteiger partial charge in [0, 0.05) is 34.8 Å². The van der Waals surface area contributed by atoms with Crippen molar-refractivity contribution in [1.82, 2.24) is 13.7 Å². The predicted octanol–water partition coefficient (Wildman–Crippen LogP) is 0.298. The second-order valence-electron chi connectivity index (χ2n) is 4.56. The van der Waals surface area contributed by atoms with Crippen molar-refractivity contribution >= 4 is 51.1 Å². The number of rotatable bonds is 9. The summed E-state index contributed by atoms with van der Waals surface area (Å²) in [7, 11) is 0. The van der Waals surface area contributed by atoms with Gasteiger partial charge in [-0.05, 0) is 0 Å². The van der Waals surface area contributed by atoms with Gasteiger partial charge in [-0.3, -0.25) is 0 Å². The normalized spacial score (nSPS) is 10.3. The van der Waals surface area contributed by atoms with Gasteiger partial charge >= 0.3 is 33.4 Å². The Morgan fingerprint density at radius 1 is 0.593 bits per heavy atom. The molecule has 0 aromatic carbocycles. The standard InChI is InChI=1S/C12H12Cl3N3O9/c13-7(19)25-4-1-16-10(22)17(2-5-26-8(14)20)12(24)18(11(16)23)3-6-27-9(15)21/h1-6H2. The van der Waals surface area contributed by atoms with Crippen LogP contribution >= 0.6 is 34.8 Å². The number of halogens is 3. The number of carbonyl (C=O) groups excluding carboxylic acids is 3. The van der Waals surface area contributed by atoms with E-state index in [1.807, 2.05) is 0 Å². The Bertz CT molecular complexity index is 744. The first-order valence-electron chi connectivity index (χ1n) is 7.06. The zero-order valence-corrected chi connectivity index (χ0v) is 15.7. The van der Waals surface area contributed by atoms with Crippen LogP contribution in [0.15, 0.2) is 14.4 Å². The molecule has 0 unspecified atom stereocenters. The van der Waals surface area contributed by atoms with E-state index in [2.05, 4.69) is 14.2 Å². The van der Waals surface area contributed by atoms with Gasteiger partial charge in [0.25, 0.3) is 0 Å². The molecule has 0 aliphatic rings. The van der Waals surface area contributed by atoms with Crippen LogP contribution in [0.4, 0.5) is 14.4 Å². The van der Waals surface area contributed by atoms with Gasteiger partial charge < -0.3 is 14.2 Å². The molecule has 12 nitrogen and oxygen atoms in total. The van der Waals surface area contributed by atoms with Gasteiger partial charge in [0.2, 0.25) is 0 Å². The third-order valence-electron chi connectivity index (χ3n) is 2.98. The van der Waals surface area contributed by atoms with Crippen molar-refractivity contribution in [3.8, 4) is 0 Å². The number of hydrogen-bond acceptors (Lipinski definition) is 9. The molecule has 0 fully saturated rings. The van der Waals surface area contributed by atoms with Crippen molar-refractivity contribution < 1.29 is 28.6 Å². The Morgan fingerprint density at radius 3 is 1.00 bits per heavy atom. The number of hydrogen-bond donors (Lipinski definition) is 0. The van der Waals surface area contributed by atoms with E-state index in [-0.39, 0.29) is 0 Å². The van der Waals surface area contributed by atoms with Crippen molar-refractivity contribution in [3.63, 3.8) is 0 Å². The van der Waals surface area contributed by atoms with E-state index in [1.165, 1.54) is 0 Å². The summed E-state index contributed by atoms with van der Waals surface area (Å²) in [5.41, 5.74) is -6.61. The minimum Gasteiger partial charge on any atom is -0.452 e. The fraction of sp³-hybridized carbons (Fsp3) is 0.500. The molecule has 1 heterocycles. The van der Waals surface area contributed by atoms with E-state index in [4.69, 9.17) is 34.8 Å². The highest BCUT2D eigenvalue weighted by molar-refractivity contribution is 6.61. The fourth-order valence-corrected chi connectivity index (χ4v) is 2.14. The van der Waals surface area contributed by atoms with Crippen molar-refractivity contribution in [2.24, 2.45) is 0 Å². The summed E-state index contributed by atoms with van der Waals surface area (Å²) in [4.78, 5) is 68.9. The second kappa shape index (κ2) is 10.7. The van der Waals surface area contributed by atoms with E-state index < -0.39 is 72.8 Å². The molecule has 0 spiro atoms. The van der Waals surface area contributed by atoms with Crippen LogP contribution in [0, 0.1) is 0 Å². The molecular weight excluding hydrogens is 437 g/mol. The Kier molecular flexibility index (Phi) is 9.05. The van der Waals surface area contributed by atoms with Gasteiger partial charge in [-0.15, -0.1) is 0 Å². The summed E-state index contributed by atoms with van der Waals surface area (Å²) in [6, 6.07) is 0. The summed E-state index contributed by atoms with van der Waals surface area (Å²) in [5, 5.41) is 0. The van der Waals surface area contributed by atoms with Crippen molar-refractivity contribution in [2.45, 2.75) is 19.6 Å². The first kappa shape index (κ1) is 22.7. The Hall–Kier alpha value is -2.31. The maximum absolute atomic E-state index is 12.4. The number of nitrogens with zero attached hydrogens (tertiary/aromatic N) is 3. The summed E-state index contributed by atoms with van der Waals surface area (Å²) >= 11 is 15.0. The highest BCUT2D eigenvalue weighted by Gasteiger charge is 2.16. The van der Waals surface area contributed by atoms with Crippen LogP contribution in [0.25, 0.3) is 0 Å². The highest BCUT2D eigenvalue weighted by atomic mass is 35.5. The molecule has 0 aliphatic heterocycles. The van der Waals surface area contributed by atoms with E-state index in [0.29, 0.717) is 13.7 Å². The largest absolute Gasteiger partial charge is 0.452 e. The molecule has 1 aromatic rings. The predicted molar refractivity (Wildman–Crippen MR) is 90.8 cm³/mol. The van der Waals surface area contributed by atoms with E-state index in [9.17, 15) is 28.8 Å². The molecule has 0 atom stereocenters. The average Bonchev–Trinajstić information content (AvgIpc) is 2.56. The minimum absolute atomic E-state index is 0.416. The molecule has 0 aliphatic carbocycles. The molecule has 0 bridgehead atoms. The maximum atomic E-state index is 12.4. The summed E-state index contributed by atoms with van der Waals surface area (Å²) in [5.74, 6) is 0. The van der Waals surface area contributed by atoms with Crippen LogP contribution in [0.3, 0.4) is 0 Å². The fourth-order valence-electron chi connectivity index (χ4n) is 1.91. The number of aromatic nitrogens is 3. The van der Waals surface area contributed by atoms with Crippen LogP contribution < -0.4 is 17.1 Å². The highest BCUT2D eigenvalue weighted by Crippen LogP contribution is 1.90. The molecule has 1 aromatic heterocycles. The third-order valence-corrected chi connectivity index (χ3v) is 3.30. The van der Waals surface area contributed by atoms with E-state index in [1.54, 1.807) is 0 Å². The topological polar surface area (TPSA) is 145 Å². The smallest absolute Gasteiger partial charge is 0.403 e. The number of carbonyl (C=O) groups is 3. The second-order valence-corrected chi connectivity index (χ2v) is 5.49. The zero-order valence-electron chi connectivity index (χ0n) is 13.4. The van der Waals surface area contributed by atoms with Crippen molar-refractivity contribution in [1.29, 1.82) is 0 Å². The third kappa shape index (κ3) is 7.07. The van der Waals surface area contributed by atoms with Gasteiger partial charge in [-0.1, -0.05) is 0 Å². The van der Waals surface area contributed by atoms with Crippen LogP contribution in [0.2, 0.25) is 0 Å². The van der Waals surface area contributed by atoms with Gasteiger partial charge in [0.1, 0.15) is 19.8 Å². The average molecular weight is 449 g/mol. The Balaban J connectivity index is 3.25. The van der Waals surface area contributed by atoms with Crippen molar-refractivity contribution in [3.05, 3.63) is 31.5 Å². The molecule has 1 rings (SSSR count). The first-order chi connectivity index (χ1) is 12.6. The van der Waals surface area contributed by atoms with E-state index >= 15 is 0 Å².